The molecule has 0 saturated carbocycles. The highest BCUT2D eigenvalue weighted by Crippen LogP contribution is 2.30. The molecule has 0 unspecified atom stereocenters. The zero-order valence-electron chi connectivity index (χ0n) is 24.8. The van der Waals surface area contributed by atoms with Crippen LogP contribution in [0.1, 0.15) is 15.9 Å². The fourth-order valence-electron chi connectivity index (χ4n) is 4.71. The zero-order chi connectivity index (χ0) is 32.6. The van der Waals surface area contributed by atoms with E-state index in [0.717, 1.165) is 12.6 Å². The number of carbonyl (C=O) groups is 2. The van der Waals surface area contributed by atoms with Gasteiger partial charge in [0.2, 0.25) is 0 Å². The van der Waals surface area contributed by atoms with Crippen molar-refractivity contribution in [3.05, 3.63) is 106 Å². The Balaban J connectivity index is 1.27. The van der Waals surface area contributed by atoms with Gasteiger partial charge in [-0.2, -0.15) is 0 Å². The Labute approximate surface area is 263 Å². The number of halogens is 2. The number of hydrogen-bond acceptors (Lipinski definition) is 8. The summed E-state index contributed by atoms with van der Waals surface area (Å²) in [6, 6.07) is 13.2. The third-order valence-electron chi connectivity index (χ3n) is 7.21. The summed E-state index contributed by atoms with van der Waals surface area (Å²) in [4.78, 5) is 46.5. The minimum atomic E-state index is -0.828. The van der Waals surface area contributed by atoms with E-state index in [1.54, 1.807) is 12.0 Å². The lowest BCUT2D eigenvalue weighted by Crippen LogP contribution is -2.49. The number of rotatable bonds is 8. The van der Waals surface area contributed by atoms with Crippen molar-refractivity contribution in [2.75, 3.05) is 57.5 Å². The van der Waals surface area contributed by atoms with Crippen molar-refractivity contribution in [3.63, 3.8) is 0 Å². The summed E-state index contributed by atoms with van der Waals surface area (Å²) in [5, 5.41) is 2.50. The number of nitrogens with one attached hydrogen (secondary N) is 1. The van der Waals surface area contributed by atoms with Gasteiger partial charge in [0.15, 0.2) is 11.6 Å². The molecule has 2 amide bonds. The number of nitrogens with zero attached hydrogens (tertiary/aromatic N) is 4. The van der Waals surface area contributed by atoms with E-state index in [9.17, 15) is 18.8 Å². The Kier molecular flexibility index (Phi) is 10.0. The van der Waals surface area contributed by atoms with E-state index in [0.29, 0.717) is 38.5 Å². The molecular formula is C33H30F2N6O5. The molecule has 2 aromatic carbocycles. The molecule has 2 aromatic heterocycles. The number of hydrogen-bond donors (Lipinski definition) is 2. The third-order valence-corrected chi connectivity index (χ3v) is 7.21. The lowest BCUT2D eigenvalue weighted by molar-refractivity contribution is -0.126. The van der Waals surface area contributed by atoms with Crippen LogP contribution in [0.25, 0.3) is 5.69 Å². The molecule has 1 fully saturated rings. The van der Waals surface area contributed by atoms with Gasteiger partial charge in [-0.15, -0.1) is 0 Å². The first-order valence-corrected chi connectivity index (χ1v) is 14.3. The predicted molar refractivity (Wildman–Crippen MR) is 167 cm³/mol. The lowest BCUT2D eigenvalue weighted by Gasteiger charge is -2.33. The zero-order valence-corrected chi connectivity index (χ0v) is 24.8. The Morgan fingerprint density at radius 3 is 2.50 bits per heavy atom. The van der Waals surface area contributed by atoms with Crippen LogP contribution in [0.15, 0.2) is 77.9 Å². The Hall–Kier alpha value is -5.58. The molecule has 11 nitrogen and oxygen atoms in total. The quantitative estimate of drug-likeness (QED) is 0.284. The van der Waals surface area contributed by atoms with E-state index in [1.165, 1.54) is 71.6 Å². The minimum absolute atomic E-state index is 0.000584. The summed E-state index contributed by atoms with van der Waals surface area (Å²) in [5.41, 5.74) is 5.73. The average molecular weight is 629 g/mol. The van der Waals surface area contributed by atoms with Gasteiger partial charge < -0.3 is 25.4 Å². The van der Waals surface area contributed by atoms with E-state index in [2.05, 4.69) is 27.0 Å². The van der Waals surface area contributed by atoms with Crippen molar-refractivity contribution in [2.45, 2.75) is 0 Å². The van der Waals surface area contributed by atoms with E-state index < -0.39 is 23.1 Å². The second kappa shape index (κ2) is 14.5. The lowest BCUT2D eigenvalue weighted by atomic mass is 10.2. The van der Waals surface area contributed by atoms with Crippen LogP contribution in [-0.4, -0.2) is 77.6 Å². The molecule has 3 heterocycles. The molecule has 0 aliphatic carbocycles. The normalized spacial score (nSPS) is 13.1. The molecule has 1 aliphatic heterocycles. The van der Waals surface area contributed by atoms with Gasteiger partial charge >= 0.3 is 0 Å². The van der Waals surface area contributed by atoms with Crippen LogP contribution in [0.5, 0.6) is 11.5 Å². The van der Waals surface area contributed by atoms with Gasteiger partial charge in [-0.25, -0.2) is 13.8 Å². The summed E-state index contributed by atoms with van der Waals surface area (Å²) in [5.74, 6) is 2.75. The standard InChI is InChI=1S/C33H30F2N6O5/c1-45-20-19-39-15-17-40(18-16-39)30(42)11-9-25-28(12-13-37-31(25)36)46-29-10-6-23(21-27(29)35)38-32(43)26-3-2-14-41(33(26)44)24-7-4-22(34)5-8-24/h2-8,10,12-14,21H,15-20H2,1H3,(H2,36,37)(H,38,43). The monoisotopic (exact) mass is 628 g/mol. The number of anilines is 2. The number of methoxy groups -OCH3 is 1. The molecule has 1 saturated heterocycles. The van der Waals surface area contributed by atoms with E-state index in [-0.39, 0.29) is 40.0 Å². The molecule has 46 heavy (non-hydrogen) atoms. The van der Waals surface area contributed by atoms with Crippen molar-refractivity contribution < 1.29 is 27.8 Å². The molecule has 0 spiro atoms. The van der Waals surface area contributed by atoms with Crippen molar-refractivity contribution >= 4 is 23.3 Å². The highest BCUT2D eigenvalue weighted by Gasteiger charge is 2.20. The van der Waals surface area contributed by atoms with Gasteiger partial charge in [0.05, 0.1) is 6.61 Å². The number of amides is 2. The number of ether oxygens (including phenoxy) is 2. The summed E-state index contributed by atoms with van der Waals surface area (Å²) in [7, 11) is 1.64. The maximum atomic E-state index is 15.2. The van der Waals surface area contributed by atoms with E-state index in [1.807, 2.05) is 0 Å². The fourth-order valence-corrected chi connectivity index (χ4v) is 4.71. The molecule has 0 bridgehead atoms. The molecule has 1 aliphatic rings. The van der Waals surface area contributed by atoms with Gasteiger partial charge in [0, 0.05) is 81.7 Å². The summed E-state index contributed by atoms with van der Waals surface area (Å²) in [6.07, 6.45) is 2.81. The number of piperazine rings is 1. The van der Waals surface area contributed by atoms with Gasteiger partial charge in [-0.05, 0) is 54.5 Å². The molecule has 13 heteroatoms. The first-order chi connectivity index (χ1) is 22.2. The van der Waals surface area contributed by atoms with Crippen LogP contribution in [0.3, 0.4) is 0 Å². The van der Waals surface area contributed by atoms with E-state index in [4.69, 9.17) is 15.2 Å². The van der Waals surface area contributed by atoms with Crippen LogP contribution < -0.4 is 21.3 Å². The number of pyridine rings is 2. The van der Waals surface area contributed by atoms with Gasteiger partial charge in [-0.3, -0.25) is 23.9 Å². The third kappa shape index (κ3) is 7.55. The number of carbonyl (C=O) groups excluding carboxylic acids is 2. The first kappa shape index (κ1) is 31.8. The van der Waals surface area contributed by atoms with E-state index >= 15 is 4.39 Å². The fraction of sp³-hybridized carbons (Fsp3) is 0.212. The van der Waals surface area contributed by atoms with Gasteiger partial charge in [0.1, 0.15) is 28.5 Å². The summed E-state index contributed by atoms with van der Waals surface area (Å²) < 4.78 is 40.5. The maximum absolute atomic E-state index is 15.2. The van der Waals surface area contributed by atoms with Crippen LogP contribution in [-0.2, 0) is 9.53 Å². The van der Waals surface area contributed by atoms with Gasteiger partial charge in [0.25, 0.3) is 17.4 Å². The SMILES string of the molecule is COCCN1CCN(C(=O)C#Cc2c(Oc3ccc(NC(=O)c4cccn(-c5ccc(F)cc5)c4=O)cc3F)ccnc2N)CC1. The maximum Gasteiger partial charge on any atom is 0.298 e. The number of benzene rings is 2. The molecule has 0 radical (unpaired) electrons. The number of aromatic nitrogens is 2. The average Bonchev–Trinajstić information content (AvgIpc) is 3.05. The van der Waals surface area contributed by atoms with Crippen LogP contribution in [0, 0.1) is 23.5 Å². The van der Waals surface area contributed by atoms with Crippen molar-refractivity contribution in [1.29, 1.82) is 0 Å². The van der Waals surface area contributed by atoms with Crippen LogP contribution >= 0.6 is 0 Å². The van der Waals surface area contributed by atoms with Crippen molar-refractivity contribution in [1.82, 2.24) is 19.4 Å². The molecule has 0 atom stereocenters. The number of nitrogen functional groups attached to an aromatic ring is 1. The van der Waals surface area contributed by atoms with Crippen molar-refractivity contribution in [2.24, 2.45) is 0 Å². The Bertz CT molecular complexity index is 1860. The predicted octanol–water partition coefficient (Wildman–Crippen LogP) is 3.28. The first-order valence-electron chi connectivity index (χ1n) is 14.3. The van der Waals surface area contributed by atoms with Crippen LogP contribution in [0.4, 0.5) is 20.3 Å². The second-order valence-corrected chi connectivity index (χ2v) is 10.2. The van der Waals surface area contributed by atoms with Crippen molar-refractivity contribution in [3.8, 4) is 29.0 Å². The Morgan fingerprint density at radius 1 is 1.02 bits per heavy atom. The largest absolute Gasteiger partial charge is 0.453 e. The molecule has 4 aromatic rings. The van der Waals surface area contributed by atoms with Crippen LogP contribution in [0.2, 0.25) is 0 Å². The second-order valence-electron chi connectivity index (χ2n) is 10.2. The highest BCUT2D eigenvalue weighted by molar-refractivity contribution is 6.04. The highest BCUT2D eigenvalue weighted by atomic mass is 19.1. The van der Waals surface area contributed by atoms with Gasteiger partial charge in [-0.1, -0.05) is 0 Å². The number of nitrogens with two attached hydrogens (primary N) is 1. The summed E-state index contributed by atoms with van der Waals surface area (Å²) >= 11 is 0. The molecule has 236 valence electrons. The molecule has 3 N–H and O–H groups in total. The molecular weight excluding hydrogens is 598 g/mol. The smallest absolute Gasteiger partial charge is 0.298 e. The molecule has 5 rings (SSSR count). The minimum Gasteiger partial charge on any atom is -0.453 e. The summed E-state index contributed by atoms with van der Waals surface area (Å²) in [6.45, 7) is 3.85. The Morgan fingerprint density at radius 2 is 1.78 bits per heavy atom. The topological polar surface area (TPSA) is 132 Å².